The molecule has 0 aliphatic carbocycles. The predicted octanol–water partition coefficient (Wildman–Crippen LogP) is 4.29. The van der Waals surface area contributed by atoms with Crippen LogP contribution < -0.4 is 10.4 Å². The summed E-state index contributed by atoms with van der Waals surface area (Å²) in [5.74, 6) is -1.03. The van der Waals surface area contributed by atoms with Gasteiger partial charge in [0.05, 0.1) is 20.8 Å². The van der Waals surface area contributed by atoms with Crippen molar-refractivity contribution in [3.8, 4) is 5.75 Å². The van der Waals surface area contributed by atoms with Crippen LogP contribution in [0.3, 0.4) is 0 Å². The second-order valence-electron chi connectivity index (χ2n) is 6.64. The SMILES string of the molecule is Cc1c([N+](=O)[O-])cc(C(=O)Oc2ccc3c(c2)oc(=O)c2ccccc23)cc1[N+](=O)[O-]. The molecule has 0 fully saturated rings. The average molecular weight is 420 g/mol. The van der Waals surface area contributed by atoms with Gasteiger partial charge in [0.1, 0.15) is 16.9 Å². The van der Waals surface area contributed by atoms with Crippen molar-refractivity contribution in [2.75, 3.05) is 0 Å². The number of rotatable bonds is 4. The smallest absolute Gasteiger partial charge is 0.344 e. The van der Waals surface area contributed by atoms with Gasteiger partial charge in [-0.25, -0.2) is 9.59 Å². The molecule has 0 aliphatic heterocycles. The van der Waals surface area contributed by atoms with Gasteiger partial charge >= 0.3 is 11.6 Å². The number of nitro groups is 2. The van der Waals surface area contributed by atoms with Crippen LogP contribution in [0.5, 0.6) is 5.75 Å². The van der Waals surface area contributed by atoms with Crippen LogP contribution in [-0.4, -0.2) is 15.8 Å². The van der Waals surface area contributed by atoms with Crippen LogP contribution in [0.4, 0.5) is 11.4 Å². The van der Waals surface area contributed by atoms with Gasteiger partial charge in [-0.3, -0.25) is 20.2 Å². The van der Waals surface area contributed by atoms with Crippen molar-refractivity contribution in [3.63, 3.8) is 0 Å². The molecule has 10 nitrogen and oxygen atoms in total. The highest BCUT2D eigenvalue weighted by Crippen LogP contribution is 2.31. The second kappa shape index (κ2) is 7.34. The highest BCUT2D eigenvalue weighted by Gasteiger charge is 2.26. The maximum atomic E-state index is 12.5. The van der Waals surface area contributed by atoms with Crippen molar-refractivity contribution in [2.45, 2.75) is 6.92 Å². The lowest BCUT2D eigenvalue weighted by Gasteiger charge is -2.07. The fourth-order valence-electron chi connectivity index (χ4n) is 3.27. The maximum absolute atomic E-state index is 12.5. The Labute approximate surface area is 172 Å². The molecule has 1 heterocycles. The van der Waals surface area contributed by atoms with Gasteiger partial charge in [-0.2, -0.15) is 0 Å². The first-order chi connectivity index (χ1) is 14.8. The van der Waals surface area contributed by atoms with Crippen LogP contribution in [0.25, 0.3) is 21.7 Å². The minimum Gasteiger partial charge on any atom is -0.423 e. The van der Waals surface area contributed by atoms with Crippen molar-refractivity contribution >= 4 is 39.1 Å². The molecule has 0 bridgehead atoms. The molecule has 0 atom stereocenters. The Kier molecular flexibility index (Phi) is 4.66. The number of carbonyl (C=O) groups excluding carboxylic acids is 1. The molecule has 3 aromatic carbocycles. The summed E-state index contributed by atoms with van der Waals surface area (Å²) in [5, 5.41) is 24.1. The molecule has 0 amide bonds. The van der Waals surface area contributed by atoms with Crippen LogP contribution >= 0.6 is 0 Å². The Hall–Kier alpha value is -4.60. The van der Waals surface area contributed by atoms with Gasteiger partial charge in [0.25, 0.3) is 11.4 Å². The topological polar surface area (TPSA) is 143 Å². The van der Waals surface area contributed by atoms with E-state index in [9.17, 15) is 29.8 Å². The van der Waals surface area contributed by atoms with Crippen LogP contribution in [0, 0.1) is 27.2 Å². The number of hydrogen-bond acceptors (Lipinski definition) is 8. The number of ether oxygens (including phenoxy) is 1. The fourth-order valence-corrected chi connectivity index (χ4v) is 3.27. The Bertz CT molecular complexity index is 1440. The van der Waals surface area contributed by atoms with E-state index in [1.54, 1.807) is 30.3 Å². The van der Waals surface area contributed by atoms with E-state index in [0.29, 0.717) is 16.2 Å². The van der Waals surface area contributed by atoms with E-state index in [0.717, 1.165) is 12.1 Å². The monoisotopic (exact) mass is 420 g/mol. The first kappa shape index (κ1) is 19.7. The summed E-state index contributed by atoms with van der Waals surface area (Å²) in [6.07, 6.45) is 0. The first-order valence-electron chi connectivity index (χ1n) is 8.87. The van der Waals surface area contributed by atoms with Crippen LogP contribution in [0.15, 0.2) is 63.8 Å². The third kappa shape index (κ3) is 3.46. The average Bonchev–Trinajstić information content (AvgIpc) is 2.73. The van der Waals surface area contributed by atoms with Gasteiger partial charge in [0, 0.05) is 23.6 Å². The standard InChI is InChI=1S/C21H12N2O8/c1-11-17(22(26)27)8-12(9-18(11)23(28)29)20(24)30-13-6-7-15-14-4-2-3-5-16(14)21(25)31-19(15)10-13/h2-10H,1H3. The van der Waals surface area contributed by atoms with Crippen LogP contribution in [0.2, 0.25) is 0 Å². The van der Waals surface area contributed by atoms with E-state index >= 15 is 0 Å². The molecule has 1 aromatic heterocycles. The van der Waals surface area contributed by atoms with Gasteiger partial charge in [-0.1, -0.05) is 18.2 Å². The van der Waals surface area contributed by atoms with E-state index in [-0.39, 0.29) is 22.5 Å². The van der Waals surface area contributed by atoms with E-state index in [2.05, 4.69) is 0 Å². The Morgan fingerprint density at radius 3 is 2.13 bits per heavy atom. The quantitative estimate of drug-likeness (QED) is 0.119. The summed E-state index contributed by atoms with van der Waals surface area (Å²) in [5.41, 5.74) is -2.06. The number of hydrogen-bond donors (Lipinski definition) is 0. The number of nitro benzene ring substituents is 2. The molecule has 10 heteroatoms. The molecule has 0 spiro atoms. The molecule has 4 aromatic rings. The van der Waals surface area contributed by atoms with Crippen LogP contribution in [-0.2, 0) is 0 Å². The number of fused-ring (bicyclic) bond motifs is 3. The lowest BCUT2D eigenvalue weighted by molar-refractivity contribution is -0.395. The second-order valence-corrected chi connectivity index (χ2v) is 6.64. The Morgan fingerprint density at radius 1 is 0.903 bits per heavy atom. The zero-order valence-electron chi connectivity index (χ0n) is 15.9. The molecule has 0 saturated carbocycles. The number of esters is 1. The normalized spacial score (nSPS) is 10.9. The molecule has 0 saturated heterocycles. The van der Waals surface area contributed by atoms with Gasteiger partial charge in [0.2, 0.25) is 0 Å². The number of benzene rings is 3. The predicted molar refractivity (Wildman–Crippen MR) is 109 cm³/mol. The molecule has 31 heavy (non-hydrogen) atoms. The highest BCUT2D eigenvalue weighted by atomic mass is 16.6. The van der Waals surface area contributed by atoms with Crippen molar-refractivity contribution in [3.05, 3.63) is 96.4 Å². The van der Waals surface area contributed by atoms with Crippen molar-refractivity contribution in [1.82, 2.24) is 0 Å². The molecule has 0 radical (unpaired) electrons. The molecule has 154 valence electrons. The zero-order chi connectivity index (χ0) is 22.3. The first-order valence-corrected chi connectivity index (χ1v) is 8.87. The lowest BCUT2D eigenvalue weighted by Crippen LogP contribution is -2.10. The van der Waals surface area contributed by atoms with Crippen molar-refractivity contribution < 1.29 is 23.8 Å². The van der Waals surface area contributed by atoms with E-state index < -0.39 is 32.8 Å². The summed E-state index contributed by atoms with van der Waals surface area (Å²) in [6.45, 7) is 1.22. The zero-order valence-corrected chi connectivity index (χ0v) is 15.9. The third-order valence-corrected chi connectivity index (χ3v) is 4.79. The number of nitrogens with zero attached hydrogens (tertiary/aromatic N) is 2. The summed E-state index contributed by atoms with van der Waals surface area (Å²) in [4.78, 5) is 45.5. The third-order valence-electron chi connectivity index (χ3n) is 4.79. The highest BCUT2D eigenvalue weighted by molar-refractivity contribution is 6.04. The molecule has 0 unspecified atom stereocenters. The fraction of sp³-hybridized carbons (Fsp3) is 0.0476. The minimum atomic E-state index is -1.03. The molecule has 0 N–H and O–H groups in total. The minimum absolute atomic E-state index is 0.00168. The molecular formula is C21H12N2O8. The number of carbonyl (C=O) groups is 1. The molecular weight excluding hydrogens is 408 g/mol. The lowest BCUT2D eigenvalue weighted by atomic mass is 10.1. The van der Waals surface area contributed by atoms with Gasteiger partial charge in [0.15, 0.2) is 0 Å². The molecule has 0 aliphatic rings. The molecule has 4 rings (SSSR count). The van der Waals surface area contributed by atoms with Gasteiger partial charge in [-0.05, 0) is 30.5 Å². The van der Waals surface area contributed by atoms with E-state index in [4.69, 9.17) is 9.15 Å². The summed E-state index contributed by atoms with van der Waals surface area (Å²) < 4.78 is 10.5. The van der Waals surface area contributed by atoms with Gasteiger partial charge < -0.3 is 9.15 Å². The maximum Gasteiger partial charge on any atom is 0.344 e. The van der Waals surface area contributed by atoms with Gasteiger partial charge in [-0.15, -0.1) is 0 Å². The van der Waals surface area contributed by atoms with E-state index in [1.165, 1.54) is 19.1 Å². The summed E-state index contributed by atoms with van der Waals surface area (Å²) in [6, 6.07) is 13.1. The van der Waals surface area contributed by atoms with Crippen molar-refractivity contribution in [1.29, 1.82) is 0 Å². The largest absolute Gasteiger partial charge is 0.423 e. The summed E-state index contributed by atoms with van der Waals surface area (Å²) >= 11 is 0. The van der Waals surface area contributed by atoms with Crippen molar-refractivity contribution in [2.24, 2.45) is 0 Å². The van der Waals surface area contributed by atoms with E-state index in [1.807, 2.05) is 0 Å². The Morgan fingerprint density at radius 2 is 1.52 bits per heavy atom. The summed E-state index contributed by atoms with van der Waals surface area (Å²) in [7, 11) is 0. The van der Waals surface area contributed by atoms with Crippen LogP contribution in [0.1, 0.15) is 15.9 Å². The Balaban J connectivity index is 1.75.